The van der Waals surface area contributed by atoms with E-state index in [4.69, 9.17) is 10.8 Å². The molecule has 76 valence electrons. The van der Waals surface area contributed by atoms with Gasteiger partial charge >= 0.3 is 5.97 Å². The molecule has 0 fully saturated rings. The lowest BCUT2D eigenvalue weighted by atomic mass is 10.2. The van der Waals surface area contributed by atoms with Crippen LogP contribution in [0.4, 0.5) is 0 Å². The summed E-state index contributed by atoms with van der Waals surface area (Å²) in [6.45, 7) is 0.496. The van der Waals surface area contributed by atoms with Crippen LogP contribution in [0.2, 0.25) is 0 Å². The fourth-order valence-corrected chi connectivity index (χ4v) is 2.07. The Morgan fingerprint density at radius 1 is 1.43 bits per heavy atom. The molecule has 3 N–H and O–H groups in total. The normalized spacial score (nSPS) is 10.1. The molecule has 0 aliphatic carbocycles. The third-order valence-electron chi connectivity index (χ3n) is 1.77. The predicted octanol–water partition coefficient (Wildman–Crippen LogP) is 1.71. The molecule has 0 bridgehead atoms. The Hall–Kier alpha value is -1.00. The van der Waals surface area contributed by atoms with Gasteiger partial charge in [-0.05, 0) is 11.6 Å². The third-order valence-corrected chi connectivity index (χ3v) is 2.88. The van der Waals surface area contributed by atoms with E-state index in [1.807, 2.05) is 24.3 Å². The van der Waals surface area contributed by atoms with Gasteiger partial charge < -0.3 is 10.8 Å². The van der Waals surface area contributed by atoms with E-state index in [-0.39, 0.29) is 6.42 Å². The lowest BCUT2D eigenvalue weighted by Gasteiger charge is -2.05. The maximum atomic E-state index is 10.3. The molecule has 1 aromatic rings. The zero-order valence-corrected chi connectivity index (χ0v) is 8.59. The van der Waals surface area contributed by atoms with Crippen molar-refractivity contribution in [1.82, 2.24) is 0 Å². The van der Waals surface area contributed by atoms with Gasteiger partial charge in [0, 0.05) is 17.2 Å². The molecule has 4 heteroatoms. The monoisotopic (exact) mass is 211 g/mol. The molecule has 3 nitrogen and oxygen atoms in total. The molecule has 1 aromatic carbocycles. The molecule has 0 amide bonds. The number of carboxylic acid groups (broad SMARTS) is 1. The summed E-state index contributed by atoms with van der Waals surface area (Å²) in [5.41, 5.74) is 6.62. The molecule has 0 unspecified atom stereocenters. The molecule has 0 saturated heterocycles. The molecule has 14 heavy (non-hydrogen) atoms. The van der Waals surface area contributed by atoms with E-state index in [1.165, 1.54) is 11.8 Å². The molecule has 0 aliphatic heterocycles. The highest BCUT2D eigenvalue weighted by atomic mass is 32.2. The second-order valence-electron chi connectivity index (χ2n) is 2.80. The van der Waals surface area contributed by atoms with Crippen molar-refractivity contribution < 1.29 is 9.90 Å². The van der Waals surface area contributed by atoms with Gasteiger partial charge in [0.25, 0.3) is 0 Å². The van der Waals surface area contributed by atoms with E-state index < -0.39 is 5.97 Å². The summed E-state index contributed by atoms with van der Waals surface area (Å²) in [5.74, 6) is -0.172. The van der Waals surface area contributed by atoms with Crippen molar-refractivity contribution in [2.45, 2.75) is 17.9 Å². The minimum absolute atomic E-state index is 0.184. The summed E-state index contributed by atoms with van der Waals surface area (Å²) in [6.07, 6.45) is 0.184. The topological polar surface area (TPSA) is 63.3 Å². The van der Waals surface area contributed by atoms with Crippen molar-refractivity contribution in [2.24, 2.45) is 5.73 Å². The van der Waals surface area contributed by atoms with E-state index >= 15 is 0 Å². The molecule has 0 spiro atoms. The van der Waals surface area contributed by atoms with Crippen molar-refractivity contribution in [2.75, 3.05) is 5.75 Å². The summed E-state index contributed by atoms with van der Waals surface area (Å²) in [4.78, 5) is 11.4. The highest BCUT2D eigenvalue weighted by Crippen LogP contribution is 2.22. The van der Waals surface area contributed by atoms with Crippen LogP contribution < -0.4 is 5.73 Å². The van der Waals surface area contributed by atoms with Crippen molar-refractivity contribution in [3.63, 3.8) is 0 Å². The largest absolute Gasteiger partial charge is 0.481 e. The molecule has 1 rings (SSSR count). The SMILES string of the molecule is NCc1ccccc1SCCC(=O)O. The van der Waals surface area contributed by atoms with Gasteiger partial charge in [-0.25, -0.2) is 0 Å². The Labute approximate surface area is 87.3 Å². The maximum Gasteiger partial charge on any atom is 0.304 e. The third kappa shape index (κ3) is 3.40. The number of thioether (sulfide) groups is 1. The highest BCUT2D eigenvalue weighted by molar-refractivity contribution is 7.99. The number of rotatable bonds is 5. The second kappa shape index (κ2) is 5.67. The fourth-order valence-electron chi connectivity index (χ4n) is 1.06. The van der Waals surface area contributed by atoms with Crippen LogP contribution in [0, 0.1) is 0 Å². The summed E-state index contributed by atoms with van der Waals surface area (Å²) in [7, 11) is 0. The average Bonchev–Trinajstić information content (AvgIpc) is 2.18. The van der Waals surface area contributed by atoms with Crippen LogP contribution in [0.1, 0.15) is 12.0 Å². The number of carboxylic acids is 1. The minimum Gasteiger partial charge on any atom is -0.481 e. The number of carbonyl (C=O) groups is 1. The molecular formula is C10H13NO2S. The second-order valence-corrected chi connectivity index (χ2v) is 3.94. The first-order chi connectivity index (χ1) is 6.74. The van der Waals surface area contributed by atoms with Gasteiger partial charge in [-0.15, -0.1) is 11.8 Å². The first kappa shape index (κ1) is 11.1. The molecule has 0 heterocycles. The molecule has 0 saturated carbocycles. The van der Waals surface area contributed by atoms with Crippen LogP contribution in [0.15, 0.2) is 29.2 Å². The molecule has 0 aliphatic rings. The standard InChI is InChI=1S/C10H13NO2S/c11-7-8-3-1-2-4-9(8)14-6-5-10(12)13/h1-4H,5-7,11H2,(H,12,13). The molecule has 0 aromatic heterocycles. The van der Waals surface area contributed by atoms with E-state index in [1.54, 1.807) is 0 Å². The number of nitrogens with two attached hydrogens (primary N) is 1. The number of hydrogen-bond acceptors (Lipinski definition) is 3. The first-order valence-electron chi connectivity index (χ1n) is 4.36. The van der Waals surface area contributed by atoms with Gasteiger partial charge in [-0.3, -0.25) is 4.79 Å². The van der Waals surface area contributed by atoms with Crippen molar-refractivity contribution in [3.8, 4) is 0 Å². The Morgan fingerprint density at radius 2 is 2.14 bits per heavy atom. The zero-order chi connectivity index (χ0) is 10.4. The van der Waals surface area contributed by atoms with Crippen molar-refractivity contribution >= 4 is 17.7 Å². The minimum atomic E-state index is -0.761. The number of hydrogen-bond donors (Lipinski definition) is 2. The van der Waals surface area contributed by atoms with Crippen molar-refractivity contribution in [1.29, 1.82) is 0 Å². The van der Waals surface area contributed by atoms with Gasteiger partial charge in [0.05, 0.1) is 6.42 Å². The van der Waals surface area contributed by atoms with Crippen LogP contribution in [0.25, 0.3) is 0 Å². The van der Waals surface area contributed by atoms with Gasteiger partial charge in [0.1, 0.15) is 0 Å². The summed E-state index contributed by atoms with van der Waals surface area (Å²) < 4.78 is 0. The van der Waals surface area contributed by atoms with E-state index in [9.17, 15) is 4.79 Å². The summed E-state index contributed by atoms with van der Waals surface area (Å²) in [5, 5.41) is 8.48. The quantitative estimate of drug-likeness (QED) is 0.728. The summed E-state index contributed by atoms with van der Waals surface area (Å²) in [6, 6.07) is 7.80. The zero-order valence-electron chi connectivity index (χ0n) is 7.77. The van der Waals surface area contributed by atoms with Gasteiger partial charge in [0.2, 0.25) is 0 Å². The maximum absolute atomic E-state index is 10.3. The smallest absolute Gasteiger partial charge is 0.304 e. The Balaban J connectivity index is 2.53. The molecular weight excluding hydrogens is 198 g/mol. The van der Waals surface area contributed by atoms with Gasteiger partial charge in [0.15, 0.2) is 0 Å². The highest BCUT2D eigenvalue weighted by Gasteiger charge is 2.02. The molecule has 0 atom stereocenters. The van der Waals surface area contributed by atoms with Crippen LogP contribution in [-0.4, -0.2) is 16.8 Å². The average molecular weight is 211 g/mol. The predicted molar refractivity (Wildman–Crippen MR) is 57.3 cm³/mol. The van der Waals surface area contributed by atoms with Crippen molar-refractivity contribution in [3.05, 3.63) is 29.8 Å². The van der Waals surface area contributed by atoms with Gasteiger partial charge in [-0.2, -0.15) is 0 Å². The fraction of sp³-hybridized carbons (Fsp3) is 0.300. The van der Waals surface area contributed by atoms with Crippen LogP contribution in [0.3, 0.4) is 0 Å². The van der Waals surface area contributed by atoms with Gasteiger partial charge in [-0.1, -0.05) is 18.2 Å². The summed E-state index contributed by atoms with van der Waals surface area (Å²) >= 11 is 1.54. The Morgan fingerprint density at radius 3 is 2.79 bits per heavy atom. The lowest BCUT2D eigenvalue weighted by Crippen LogP contribution is -1.99. The van der Waals surface area contributed by atoms with Crippen LogP contribution in [0.5, 0.6) is 0 Å². The van der Waals surface area contributed by atoms with Crippen LogP contribution in [-0.2, 0) is 11.3 Å². The van der Waals surface area contributed by atoms with E-state index in [2.05, 4.69) is 0 Å². The number of aliphatic carboxylic acids is 1. The first-order valence-corrected chi connectivity index (χ1v) is 5.35. The number of benzene rings is 1. The van der Waals surface area contributed by atoms with E-state index in [0.29, 0.717) is 12.3 Å². The molecule has 0 radical (unpaired) electrons. The lowest BCUT2D eigenvalue weighted by molar-refractivity contribution is -0.136. The Kier molecular flexibility index (Phi) is 4.49. The van der Waals surface area contributed by atoms with Crippen LogP contribution >= 0.6 is 11.8 Å². The Bertz CT molecular complexity index is 315. The van der Waals surface area contributed by atoms with E-state index in [0.717, 1.165) is 10.5 Å².